The number of carbonyl (C=O) groups is 2. The van der Waals surface area contributed by atoms with E-state index in [2.05, 4.69) is 0 Å². The highest BCUT2D eigenvalue weighted by molar-refractivity contribution is 6.55. The summed E-state index contributed by atoms with van der Waals surface area (Å²) < 4.78 is 38.5. The van der Waals surface area contributed by atoms with Crippen molar-refractivity contribution in [2.45, 2.75) is 12.7 Å². The van der Waals surface area contributed by atoms with Gasteiger partial charge < -0.3 is 0 Å². The number of hydrogen-bond donors (Lipinski definition) is 0. The van der Waals surface area contributed by atoms with Crippen LogP contribution in [0.3, 0.4) is 0 Å². The summed E-state index contributed by atoms with van der Waals surface area (Å²) in [7, 11) is 0. The molecule has 3 nitrogen and oxygen atoms in total. The normalized spacial score (nSPS) is 15.2. The molecule has 0 aliphatic carbocycles. The van der Waals surface area contributed by atoms with Crippen molar-refractivity contribution in [3.63, 3.8) is 0 Å². The van der Waals surface area contributed by atoms with Gasteiger partial charge in [-0.05, 0) is 35.4 Å². The van der Waals surface area contributed by atoms with Crippen LogP contribution < -0.4 is 0 Å². The highest BCUT2D eigenvalue weighted by atomic mass is 35.5. The van der Waals surface area contributed by atoms with Gasteiger partial charge in [-0.25, -0.2) is 0 Å². The third-order valence-electron chi connectivity index (χ3n) is 3.84. The number of rotatable bonds is 3. The first-order valence-corrected chi connectivity index (χ1v) is 8.12. The van der Waals surface area contributed by atoms with Crippen molar-refractivity contribution in [2.75, 3.05) is 0 Å². The van der Waals surface area contributed by atoms with E-state index in [0.29, 0.717) is 10.6 Å². The van der Waals surface area contributed by atoms with E-state index in [1.807, 2.05) is 0 Å². The Labute approximate surface area is 156 Å². The lowest BCUT2D eigenvalue weighted by atomic mass is 10.1. The maximum Gasteiger partial charge on any atom is 0.416 e. The molecule has 0 bridgehead atoms. The SMILES string of the molecule is O=C1C(Cl)=C(c2ccc(Cl)cc2)C(=O)N1Cc1cccc(C(F)(F)F)c1. The molecule has 2 aromatic carbocycles. The number of amides is 2. The standard InChI is InChI=1S/C18H10Cl2F3NO2/c19-13-6-4-11(5-7-13)14-15(20)17(26)24(16(14)25)9-10-2-1-3-12(8-10)18(21,22)23/h1-8H,9H2. The second kappa shape index (κ2) is 6.78. The van der Waals surface area contributed by atoms with Gasteiger partial charge in [0.05, 0.1) is 17.7 Å². The molecule has 0 unspecified atom stereocenters. The highest BCUT2D eigenvalue weighted by Gasteiger charge is 2.38. The van der Waals surface area contributed by atoms with Crippen molar-refractivity contribution < 1.29 is 22.8 Å². The van der Waals surface area contributed by atoms with Crippen molar-refractivity contribution >= 4 is 40.6 Å². The second-order valence-corrected chi connectivity index (χ2v) is 6.40. The molecule has 0 fully saturated rings. The monoisotopic (exact) mass is 399 g/mol. The molecular formula is C18H10Cl2F3NO2. The van der Waals surface area contributed by atoms with Gasteiger partial charge in [0, 0.05) is 5.02 Å². The molecule has 2 amide bonds. The molecule has 0 atom stereocenters. The lowest BCUT2D eigenvalue weighted by Crippen LogP contribution is -2.30. The van der Waals surface area contributed by atoms with Crippen molar-refractivity contribution in [1.82, 2.24) is 4.90 Å². The van der Waals surface area contributed by atoms with Crippen LogP contribution in [0.4, 0.5) is 13.2 Å². The van der Waals surface area contributed by atoms with E-state index < -0.39 is 23.6 Å². The van der Waals surface area contributed by atoms with Crippen LogP contribution in [0.1, 0.15) is 16.7 Å². The van der Waals surface area contributed by atoms with Crippen molar-refractivity contribution in [2.24, 2.45) is 0 Å². The van der Waals surface area contributed by atoms with Gasteiger partial charge in [-0.3, -0.25) is 14.5 Å². The zero-order chi connectivity index (χ0) is 19.1. The molecule has 0 aromatic heterocycles. The van der Waals surface area contributed by atoms with Gasteiger partial charge in [0.15, 0.2) is 0 Å². The summed E-state index contributed by atoms with van der Waals surface area (Å²) in [4.78, 5) is 25.7. The summed E-state index contributed by atoms with van der Waals surface area (Å²) in [5, 5.41) is 0.173. The molecule has 0 N–H and O–H groups in total. The Balaban J connectivity index is 1.89. The number of imide groups is 1. The molecule has 8 heteroatoms. The number of alkyl halides is 3. The van der Waals surface area contributed by atoms with E-state index in [0.717, 1.165) is 17.0 Å². The van der Waals surface area contributed by atoms with Crippen LogP contribution in [-0.4, -0.2) is 16.7 Å². The molecule has 0 spiro atoms. The molecule has 26 heavy (non-hydrogen) atoms. The quantitative estimate of drug-likeness (QED) is 0.689. The summed E-state index contributed by atoms with van der Waals surface area (Å²) >= 11 is 11.8. The van der Waals surface area contributed by atoms with Gasteiger partial charge in [0.2, 0.25) is 0 Å². The maximum atomic E-state index is 12.8. The van der Waals surface area contributed by atoms with Crippen molar-refractivity contribution in [3.8, 4) is 0 Å². The van der Waals surface area contributed by atoms with E-state index in [-0.39, 0.29) is 22.7 Å². The average molecular weight is 400 g/mol. The first-order chi connectivity index (χ1) is 12.2. The van der Waals surface area contributed by atoms with Gasteiger partial charge in [-0.15, -0.1) is 0 Å². The van der Waals surface area contributed by atoms with E-state index in [1.54, 1.807) is 24.3 Å². The highest BCUT2D eigenvalue weighted by Crippen LogP contribution is 2.34. The second-order valence-electron chi connectivity index (χ2n) is 5.59. The van der Waals surface area contributed by atoms with Gasteiger partial charge >= 0.3 is 6.18 Å². The molecule has 1 aliphatic heterocycles. The van der Waals surface area contributed by atoms with Crippen molar-refractivity contribution in [3.05, 3.63) is 75.3 Å². The Kier molecular flexibility index (Phi) is 4.82. The number of halogens is 5. The minimum atomic E-state index is -4.51. The minimum Gasteiger partial charge on any atom is -0.269 e. The Bertz CT molecular complexity index is 921. The molecule has 3 rings (SSSR count). The zero-order valence-electron chi connectivity index (χ0n) is 13.0. The smallest absolute Gasteiger partial charge is 0.269 e. The predicted octanol–water partition coefficient (Wildman–Crippen LogP) is 4.88. The summed E-state index contributed by atoms with van der Waals surface area (Å²) in [6, 6.07) is 10.6. The van der Waals surface area contributed by atoms with Crippen LogP contribution in [0, 0.1) is 0 Å². The number of hydrogen-bond acceptors (Lipinski definition) is 2. The average Bonchev–Trinajstić information content (AvgIpc) is 2.79. The Morgan fingerprint density at radius 2 is 1.58 bits per heavy atom. The van der Waals surface area contributed by atoms with Gasteiger partial charge in [-0.2, -0.15) is 13.2 Å². The Morgan fingerprint density at radius 1 is 0.923 bits per heavy atom. The van der Waals surface area contributed by atoms with Crippen LogP contribution >= 0.6 is 23.2 Å². The summed E-state index contributed by atoms with van der Waals surface area (Å²) in [6.07, 6.45) is -4.51. The first-order valence-electron chi connectivity index (χ1n) is 7.36. The molecule has 1 aliphatic rings. The van der Waals surface area contributed by atoms with E-state index in [4.69, 9.17) is 23.2 Å². The fourth-order valence-electron chi connectivity index (χ4n) is 2.59. The molecule has 1 heterocycles. The Morgan fingerprint density at radius 3 is 2.19 bits per heavy atom. The lowest BCUT2D eigenvalue weighted by Gasteiger charge is -2.16. The predicted molar refractivity (Wildman–Crippen MR) is 91.2 cm³/mol. The third kappa shape index (κ3) is 3.48. The molecule has 0 radical (unpaired) electrons. The van der Waals surface area contributed by atoms with E-state index >= 15 is 0 Å². The van der Waals surface area contributed by atoms with Crippen LogP contribution in [0.5, 0.6) is 0 Å². The zero-order valence-corrected chi connectivity index (χ0v) is 14.5. The summed E-state index contributed by atoms with van der Waals surface area (Å²) in [6.45, 7) is -0.311. The number of carbonyl (C=O) groups excluding carboxylic acids is 2. The third-order valence-corrected chi connectivity index (χ3v) is 4.44. The largest absolute Gasteiger partial charge is 0.416 e. The van der Waals surface area contributed by atoms with Gasteiger partial charge in [0.25, 0.3) is 11.8 Å². The van der Waals surface area contributed by atoms with Gasteiger partial charge in [0.1, 0.15) is 5.03 Å². The fourth-order valence-corrected chi connectivity index (χ4v) is 3.00. The van der Waals surface area contributed by atoms with Crippen LogP contribution in [0.15, 0.2) is 53.6 Å². The minimum absolute atomic E-state index is 0.000286. The lowest BCUT2D eigenvalue weighted by molar-refractivity contribution is -0.137. The maximum absolute atomic E-state index is 12.8. The van der Waals surface area contributed by atoms with Crippen molar-refractivity contribution in [1.29, 1.82) is 0 Å². The summed E-state index contributed by atoms with van der Waals surface area (Å²) in [5.74, 6) is -1.42. The topological polar surface area (TPSA) is 37.4 Å². The summed E-state index contributed by atoms with van der Waals surface area (Å²) in [5.41, 5.74) is -0.279. The van der Waals surface area contributed by atoms with Crippen LogP contribution in [-0.2, 0) is 22.3 Å². The first kappa shape index (κ1) is 18.5. The molecule has 134 valence electrons. The number of nitrogens with zero attached hydrogens (tertiary/aromatic N) is 1. The Hall–Kier alpha value is -2.31. The molecule has 2 aromatic rings. The molecule has 0 saturated heterocycles. The van der Waals surface area contributed by atoms with E-state index in [9.17, 15) is 22.8 Å². The molecule has 0 saturated carbocycles. The fraction of sp³-hybridized carbons (Fsp3) is 0.111. The van der Waals surface area contributed by atoms with Crippen LogP contribution in [0.25, 0.3) is 5.57 Å². The molecular weight excluding hydrogens is 390 g/mol. The number of benzene rings is 2. The van der Waals surface area contributed by atoms with Gasteiger partial charge in [-0.1, -0.05) is 47.5 Å². The van der Waals surface area contributed by atoms with Crippen LogP contribution in [0.2, 0.25) is 5.02 Å². The van der Waals surface area contributed by atoms with E-state index in [1.165, 1.54) is 12.1 Å².